The van der Waals surface area contributed by atoms with E-state index in [1.165, 1.54) is 0 Å². The van der Waals surface area contributed by atoms with Gasteiger partial charge < -0.3 is 5.09 Å². The van der Waals surface area contributed by atoms with Gasteiger partial charge in [0.05, 0.1) is 0 Å². The number of halogens is 7. The van der Waals surface area contributed by atoms with Crippen molar-refractivity contribution in [2.45, 2.75) is 0 Å². The lowest BCUT2D eigenvalue weighted by molar-refractivity contribution is 1.65. The molecule has 0 fully saturated rings. The Morgan fingerprint density at radius 3 is 1.64 bits per heavy atom. The Balaban J connectivity index is 2.64. The Bertz CT molecular complexity index is 787. The predicted molar refractivity (Wildman–Crippen MR) is 108 cm³/mol. The van der Waals surface area contributed by atoms with Gasteiger partial charge in [-0.15, -0.1) is 0 Å². The molecule has 16 heteroatoms. The number of nitrogens with zero attached hydrogens (tertiary/aromatic N) is 4. The molecule has 1 atom stereocenters. The van der Waals surface area contributed by atoms with E-state index < -0.39 is 24.4 Å². The monoisotopic (exact) mass is 517 g/mol. The zero-order chi connectivity index (χ0) is 16.6. The van der Waals surface area contributed by atoms with Crippen LogP contribution in [-0.4, -0.2) is 0 Å². The highest BCUT2D eigenvalue weighted by Crippen LogP contribution is 2.86. The fraction of sp³-hybridized carbons (Fsp3) is 0. The van der Waals surface area contributed by atoms with Gasteiger partial charge in [-0.05, 0) is 90.8 Å². The van der Waals surface area contributed by atoms with Crippen LogP contribution in [0, 0.1) is 0 Å². The van der Waals surface area contributed by atoms with Crippen molar-refractivity contribution in [1.29, 1.82) is 0 Å². The van der Waals surface area contributed by atoms with E-state index in [1.54, 1.807) is 24.3 Å². The van der Waals surface area contributed by atoms with Gasteiger partial charge in [-0.2, -0.15) is 18.1 Å². The van der Waals surface area contributed by atoms with Gasteiger partial charge in [0.1, 0.15) is 0 Å². The van der Waals surface area contributed by atoms with Crippen molar-refractivity contribution >= 4 is 109 Å². The fourth-order valence-corrected chi connectivity index (χ4v) is 24.7. The quantitative estimate of drug-likeness (QED) is 0.388. The number of hydrogen-bond acceptors (Lipinski definition) is 5. The molecule has 0 bridgehead atoms. The van der Waals surface area contributed by atoms with Crippen LogP contribution < -0.4 is 5.09 Å². The van der Waals surface area contributed by atoms with E-state index in [0.29, 0.717) is 5.69 Å². The summed E-state index contributed by atoms with van der Waals surface area (Å²) >= 11 is 42.7. The molecule has 124 valence electrons. The maximum atomic E-state index is 6.44. The molecule has 1 aliphatic rings. The number of rotatable bonds is 2. The summed E-state index contributed by atoms with van der Waals surface area (Å²) < 4.78 is 16.0. The highest BCUT2D eigenvalue weighted by Gasteiger charge is 2.32. The Kier molecular flexibility index (Phi) is 6.73. The largest absolute Gasteiger partial charge is 0.323 e. The summed E-state index contributed by atoms with van der Waals surface area (Å²) in [4.78, 5) is 0. The molecule has 1 aliphatic heterocycles. The van der Waals surface area contributed by atoms with Gasteiger partial charge in [0, 0.05) is 5.69 Å². The molecule has 0 saturated heterocycles. The van der Waals surface area contributed by atoms with Crippen molar-refractivity contribution in [3.05, 3.63) is 30.3 Å². The number of anilines is 1. The second kappa shape index (κ2) is 7.30. The lowest BCUT2D eigenvalue weighted by atomic mass is 10.3. The molecule has 1 aromatic rings. The van der Waals surface area contributed by atoms with Gasteiger partial charge in [-0.3, -0.25) is 0 Å². The average molecular weight is 520 g/mol. The van der Waals surface area contributed by atoms with Crippen LogP contribution in [0.5, 0.6) is 0 Å². The van der Waals surface area contributed by atoms with Crippen LogP contribution in [0.3, 0.4) is 0 Å². The van der Waals surface area contributed by atoms with Crippen LogP contribution in [0.25, 0.3) is 0 Å². The van der Waals surface area contributed by atoms with E-state index >= 15 is 0 Å². The van der Waals surface area contributed by atoms with Gasteiger partial charge in [-0.25, -0.2) is 0 Å². The normalized spacial score (nSPS) is 28.7. The maximum absolute atomic E-state index is 6.44. The second-order valence-electron chi connectivity index (χ2n) is 3.73. The third kappa shape index (κ3) is 6.36. The standard InChI is InChI=1S/C6H6Cl7N5P4/c7-19(8)15-20(9,10)17-22(13,18-21(11,12)16-19)14-6-4-2-1-3-5-6/h1-5,14H. The summed E-state index contributed by atoms with van der Waals surface area (Å²) in [5.41, 5.74) is 0.637. The molecule has 0 aromatic heterocycles. The summed E-state index contributed by atoms with van der Waals surface area (Å²) in [6.45, 7) is -3.20. The topological polar surface area (TPSA) is 61.5 Å². The summed E-state index contributed by atoms with van der Waals surface area (Å²) in [5.74, 6) is -9.87. The highest BCUT2D eigenvalue weighted by molar-refractivity contribution is 8.24. The predicted octanol–water partition coefficient (Wildman–Crippen LogP) is 10.6. The Hall–Kier alpha value is 1.97. The molecule has 5 nitrogen and oxygen atoms in total. The van der Waals surface area contributed by atoms with Crippen LogP contribution >= 0.6 is 103 Å². The zero-order valence-corrected chi connectivity index (χ0v) is 19.0. The first-order valence-corrected chi connectivity index (χ1v) is 18.3. The van der Waals surface area contributed by atoms with Crippen LogP contribution in [0.4, 0.5) is 5.69 Å². The minimum Gasteiger partial charge on any atom is -0.323 e. The lowest BCUT2D eigenvalue weighted by Gasteiger charge is -2.21. The summed E-state index contributed by atoms with van der Waals surface area (Å²) in [6, 6.07) is 8.95. The van der Waals surface area contributed by atoms with Crippen LogP contribution in [0.15, 0.2) is 48.4 Å². The highest BCUT2D eigenvalue weighted by atomic mass is 35.9. The van der Waals surface area contributed by atoms with Crippen molar-refractivity contribution in [3.8, 4) is 0 Å². The van der Waals surface area contributed by atoms with Gasteiger partial charge in [0.25, 0.3) is 24.4 Å². The minimum absolute atomic E-state index is 0.637. The van der Waals surface area contributed by atoms with Crippen molar-refractivity contribution in [2.75, 3.05) is 5.09 Å². The third-order valence-electron chi connectivity index (χ3n) is 1.93. The molecule has 1 heterocycles. The van der Waals surface area contributed by atoms with Crippen LogP contribution in [-0.2, 0) is 0 Å². The first-order valence-electron chi connectivity index (χ1n) is 5.17. The Morgan fingerprint density at radius 2 is 1.09 bits per heavy atom. The van der Waals surface area contributed by atoms with Crippen molar-refractivity contribution in [3.63, 3.8) is 0 Å². The SMILES string of the molecule is ClP1(Cl)=NP(Cl)(Cl)=NP(Cl)(Nc2ccccc2)=NP(Cl)(Cl)=N1. The zero-order valence-electron chi connectivity index (χ0n) is 10.1. The molecule has 1 unspecified atom stereocenters. The van der Waals surface area contributed by atoms with Gasteiger partial charge in [0.2, 0.25) is 0 Å². The van der Waals surface area contributed by atoms with Gasteiger partial charge in [0.15, 0.2) is 0 Å². The fourth-order valence-electron chi connectivity index (χ4n) is 1.34. The molecule has 1 aromatic carbocycles. The van der Waals surface area contributed by atoms with E-state index in [0.717, 1.165) is 0 Å². The molecule has 0 spiro atoms. The Morgan fingerprint density at radius 1 is 0.636 bits per heavy atom. The second-order valence-corrected chi connectivity index (χ2v) is 22.1. The first-order chi connectivity index (χ1) is 9.91. The van der Waals surface area contributed by atoms with Crippen molar-refractivity contribution in [1.82, 2.24) is 0 Å². The molecule has 0 saturated carbocycles. The molecular formula is C6H6Cl7N5P4. The summed E-state index contributed by atoms with van der Waals surface area (Å²) in [6.07, 6.45) is 0. The van der Waals surface area contributed by atoms with Crippen LogP contribution in [0.1, 0.15) is 0 Å². The van der Waals surface area contributed by atoms with E-state index in [1.807, 2.05) is 6.07 Å². The average Bonchev–Trinajstić information content (AvgIpc) is 2.21. The minimum atomic E-state index is -3.30. The summed E-state index contributed by atoms with van der Waals surface area (Å²) in [5, 5.41) is 2.93. The number of hydrogen-bond donors (Lipinski definition) is 1. The van der Waals surface area contributed by atoms with E-state index in [4.69, 9.17) is 78.7 Å². The maximum Gasteiger partial charge on any atom is 0.261 e. The molecule has 0 aliphatic carbocycles. The number of nitrogens with one attached hydrogen (secondary N) is 1. The van der Waals surface area contributed by atoms with Gasteiger partial charge in [-0.1, -0.05) is 18.2 Å². The van der Waals surface area contributed by atoms with Crippen LogP contribution in [0.2, 0.25) is 0 Å². The molecule has 2 rings (SSSR count). The van der Waals surface area contributed by atoms with E-state index in [-0.39, 0.29) is 0 Å². The Labute approximate surface area is 161 Å². The summed E-state index contributed by atoms with van der Waals surface area (Å²) in [7, 11) is 0. The molecular weight excluding hydrogens is 514 g/mol. The molecule has 1 N–H and O–H groups in total. The molecule has 0 amide bonds. The van der Waals surface area contributed by atoms with E-state index in [2.05, 4.69) is 23.1 Å². The number of para-hydroxylation sites is 1. The van der Waals surface area contributed by atoms with Crippen molar-refractivity contribution in [2.24, 2.45) is 18.1 Å². The number of benzene rings is 1. The lowest BCUT2D eigenvalue weighted by Crippen LogP contribution is -1.89. The molecule has 0 radical (unpaired) electrons. The smallest absolute Gasteiger partial charge is 0.261 e. The van der Waals surface area contributed by atoms with E-state index in [9.17, 15) is 0 Å². The van der Waals surface area contributed by atoms with Gasteiger partial charge >= 0.3 is 0 Å². The third-order valence-corrected chi connectivity index (χ3v) is 18.3. The van der Waals surface area contributed by atoms with Crippen molar-refractivity contribution < 1.29 is 0 Å². The molecule has 22 heavy (non-hydrogen) atoms. The first kappa shape index (κ1) is 20.3.